The Morgan fingerprint density at radius 3 is 1.66 bits per heavy atom. The van der Waals surface area contributed by atoms with Crippen molar-refractivity contribution in [3.63, 3.8) is 0 Å². The molecule has 2 nitrogen and oxygen atoms in total. The molecule has 0 aliphatic carbocycles. The third-order valence-corrected chi connectivity index (χ3v) is 8.77. The summed E-state index contributed by atoms with van der Waals surface area (Å²) in [5.41, 5.74) is 8.46. The molecule has 0 radical (unpaired) electrons. The molecule has 0 spiro atoms. The molecule has 0 amide bonds. The molecule has 0 unspecified atom stereocenters. The lowest BCUT2D eigenvalue weighted by molar-refractivity contribution is -0.536. The van der Waals surface area contributed by atoms with Crippen molar-refractivity contribution in [1.29, 1.82) is 0 Å². The molecule has 192 valence electrons. The minimum absolute atomic E-state index is 0.0404. The third kappa shape index (κ3) is 4.07. The fourth-order valence-electron chi connectivity index (χ4n) is 6.94. The quantitative estimate of drug-likeness (QED) is 0.242. The third-order valence-electron chi connectivity index (χ3n) is 8.77. The van der Waals surface area contributed by atoms with Gasteiger partial charge < -0.3 is 0 Å². The van der Waals surface area contributed by atoms with Gasteiger partial charge in [-0.05, 0) is 23.0 Å². The fourth-order valence-corrected chi connectivity index (χ4v) is 6.94. The maximum atomic E-state index is 2.65. The average Bonchev–Trinajstić information content (AvgIpc) is 3.50. The zero-order chi connectivity index (χ0) is 26.3. The van der Waals surface area contributed by atoms with Crippen LogP contribution in [0.1, 0.15) is 79.8 Å². The van der Waals surface area contributed by atoms with E-state index in [9.17, 15) is 0 Å². The molecule has 6 rings (SSSR count). The summed E-state index contributed by atoms with van der Waals surface area (Å²) >= 11 is 0. The van der Waals surface area contributed by atoms with Crippen LogP contribution in [0.25, 0.3) is 0 Å². The summed E-state index contributed by atoms with van der Waals surface area (Å²) in [5.74, 6) is 0.911. The van der Waals surface area contributed by atoms with Gasteiger partial charge in [-0.1, -0.05) is 137 Å². The summed E-state index contributed by atoms with van der Waals surface area (Å²) in [6.45, 7) is 10.3. The molecule has 4 aromatic rings. The van der Waals surface area contributed by atoms with Crippen molar-refractivity contribution in [1.82, 2.24) is 0 Å². The molecule has 0 N–H and O–H groups in total. The second-order valence-electron chi connectivity index (χ2n) is 11.7. The highest BCUT2D eigenvalue weighted by Gasteiger charge is 2.56. The minimum Gasteiger partial charge on any atom is -0.259 e. The number of hydrogen-bond donors (Lipinski definition) is 0. The summed E-state index contributed by atoms with van der Waals surface area (Å²) in [5, 5.41) is 0. The van der Waals surface area contributed by atoms with Crippen molar-refractivity contribution >= 4 is 12.0 Å². The Bertz CT molecular complexity index is 1350. The highest BCUT2D eigenvalue weighted by molar-refractivity contribution is 5.84. The van der Waals surface area contributed by atoms with Crippen LogP contribution in [0, 0.1) is 0 Å². The number of anilines is 1. The molecule has 0 aromatic heterocycles. The van der Waals surface area contributed by atoms with Gasteiger partial charge in [0.25, 0.3) is 0 Å². The zero-order valence-corrected chi connectivity index (χ0v) is 23.1. The first-order valence-corrected chi connectivity index (χ1v) is 14.2. The van der Waals surface area contributed by atoms with E-state index >= 15 is 0 Å². The van der Waals surface area contributed by atoms with E-state index in [4.69, 9.17) is 0 Å². The van der Waals surface area contributed by atoms with Gasteiger partial charge >= 0.3 is 0 Å². The van der Waals surface area contributed by atoms with E-state index in [1.807, 2.05) is 0 Å². The first-order chi connectivity index (χ1) is 18.5. The van der Waals surface area contributed by atoms with Crippen molar-refractivity contribution in [2.24, 2.45) is 0 Å². The fraction of sp³-hybridized carbons (Fsp3) is 0.306. The van der Waals surface area contributed by atoms with Gasteiger partial charge in [0, 0.05) is 23.1 Å². The van der Waals surface area contributed by atoms with E-state index in [1.165, 1.54) is 33.5 Å². The molecule has 2 aliphatic rings. The lowest BCUT2D eigenvalue weighted by atomic mass is 9.72. The number of para-hydroxylation sites is 1. The van der Waals surface area contributed by atoms with Crippen molar-refractivity contribution in [2.75, 3.05) is 11.4 Å². The van der Waals surface area contributed by atoms with E-state index in [-0.39, 0.29) is 11.5 Å². The molecule has 2 aliphatic heterocycles. The van der Waals surface area contributed by atoms with Crippen LogP contribution in [0.5, 0.6) is 0 Å². The molecule has 0 bridgehead atoms. The lowest BCUT2D eigenvalue weighted by Crippen LogP contribution is -2.35. The van der Waals surface area contributed by atoms with Crippen LogP contribution in [-0.4, -0.2) is 23.5 Å². The lowest BCUT2D eigenvalue weighted by Gasteiger charge is -2.31. The van der Waals surface area contributed by atoms with Gasteiger partial charge in [0.05, 0.1) is 12.0 Å². The van der Waals surface area contributed by atoms with Crippen LogP contribution in [-0.2, 0) is 5.41 Å². The van der Waals surface area contributed by atoms with Crippen LogP contribution in [0.15, 0.2) is 109 Å². The topological polar surface area (TPSA) is 6.25 Å². The van der Waals surface area contributed by atoms with Gasteiger partial charge in [0.1, 0.15) is 11.7 Å². The number of nitrogens with zero attached hydrogens (tertiary/aromatic N) is 2. The maximum absolute atomic E-state index is 2.65. The Morgan fingerprint density at radius 2 is 1.16 bits per heavy atom. The molecule has 2 atom stereocenters. The number of fused-ring (bicyclic) bond motifs is 1. The van der Waals surface area contributed by atoms with Crippen LogP contribution in [0.2, 0.25) is 0 Å². The number of benzene rings is 4. The molecule has 0 saturated carbocycles. The molecular formula is C36H39N2+. The smallest absolute Gasteiger partial charge is 0.240 e. The highest BCUT2D eigenvalue weighted by atomic mass is 15.3. The van der Waals surface area contributed by atoms with Gasteiger partial charge in [-0.25, -0.2) is 4.90 Å². The first kappa shape index (κ1) is 24.7. The van der Waals surface area contributed by atoms with E-state index in [2.05, 4.69) is 153 Å². The van der Waals surface area contributed by atoms with Gasteiger partial charge in [0.15, 0.2) is 6.04 Å². The second-order valence-corrected chi connectivity index (χ2v) is 11.7. The molecule has 38 heavy (non-hydrogen) atoms. The van der Waals surface area contributed by atoms with Crippen molar-refractivity contribution < 1.29 is 4.58 Å². The van der Waals surface area contributed by atoms with Crippen molar-refractivity contribution in [3.8, 4) is 0 Å². The van der Waals surface area contributed by atoms with E-state index in [1.54, 1.807) is 0 Å². The molecular weight excluding hydrogens is 460 g/mol. The Morgan fingerprint density at radius 1 is 0.658 bits per heavy atom. The molecule has 2 heterocycles. The summed E-state index contributed by atoms with van der Waals surface area (Å²) in [7, 11) is 0. The predicted octanol–water partition coefficient (Wildman–Crippen LogP) is 8.29. The normalized spacial score (nSPS) is 20.2. The van der Waals surface area contributed by atoms with Crippen LogP contribution in [0.4, 0.5) is 5.69 Å². The summed E-state index contributed by atoms with van der Waals surface area (Å²) in [6, 6.07) is 41.1. The van der Waals surface area contributed by atoms with Gasteiger partial charge in [0.2, 0.25) is 6.34 Å². The Kier molecular flexibility index (Phi) is 6.43. The van der Waals surface area contributed by atoms with Crippen LogP contribution in [0.3, 0.4) is 0 Å². The van der Waals surface area contributed by atoms with E-state index < -0.39 is 0 Å². The second kappa shape index (κ2) is 9.91. The molecule has 4 aromatic carbocycles. The van der Waals surface area contributed by atoms with Gasteiger partial charge in [-0.2, -0.15) is 0 Å². The molecule has 1 fully saturated rings. The number of rotatable bonds is 6. The van der Waals surface area contributed by atoms with Gasteiger partial charge in [-0.15, -0.1) is 0 Å². The van der Waals surface area contributed by atoms with Gasteiger partial charge in [-0.3, -0.25) is 4.58 Å². The van der Waals surface area contributed by atoms with Crippen molar-refractivity contribution in [2.45, 2.75) is 63.5 Å². The Labute approximate surface area is 228 Å². The maximum Gasteiger partial charge on any atom is 0.240 e. The Hall–Kier alpha value is -3.65. The molecule has 2 heteroatoms. The van der Waals surface area contributed by atoms with Crippen LogP contribution >= 0.6 is 0 Å². The SMILES string of the molecule is CC(C)c1cccc(C(C)C)c1N1C=[N+]2CC(c3ccccc3)(c3ccccc3)C[C@@H]2[C@H]1c1ccccc1. The summed E-state index contributed by atoms with van der Waals surface area (Å²) in [6.07, 6.45) is 3.54. The van der Waals surface area contributed by atoms with E-state index in [0.29, 0.717) is 17.9 Å². The predicted molar refractivity (Wildman–Crippen MR) is 160 cm³/mol. The first-order valence-electron chi connectivity index (χ1n) is 14.2. The molecule has 1 saturated heterocycles. The van der Waals surface area contributed by atoms with Crippen LogP contribution < -0.4 is 4.90 Å². The number of hydrogen-bond acceptors (Lipinski definition) is 1. The summed E-state index contributed by atoms with van der Waals surface area (Å²) < 4.78 is 2.65. The standard InChI is InChI=1S/C36H39N2/c1-26(2)31-21-14-22-32(27(3)4)35(31)38-25-37-24-36(29-17-10-6-11-18-29,30-19-12-7-13-20-30)23-33(37)34(38)28-15-8-5-9-16-28/h5-22,25-27,33-34H,23-24H2,1-4H3/q+1/t33-,34-/m1/s1. The highest BCUT2D eigenvalue weighted by Crippen LogP contribution is 2.50. The minimum atomic E-state index is -0.0404. The van der Waals surface area contributed by atoms with E-state index in [0.717, 1.165) is 13.0 Å². The average molecular weight is 500 g/mol. The largest absolute Gasteiger partial charge is 0.259 e. The monoisotopic (exact) mass is 499 g/mol. The zero-order valence-electron chi connectivity index (χ0n) is 23.1. The van der Waals surface area contributed by atoms with Crippen molar-refractivity contribution in [3.05, 3.63) is 137 Å². The Balaban J connectivity index is 1.55. The summed E-state index contributed by atoms with van der Waals surface area (Å²) in [4.78, 5) is 2.63.